The molecule has 2 aliphatic rings. The van der Waals surface area contributed by atoms with Gasteiger partial charge in [0.1, 0.15) is 0 Å². The second-order valence-electron chi connectivity index (χ2n) is 8.42. The van der Waals surface area contributed by atoms with Crippen LogP contribution in [-0.4, -0.2) is 66.2 Å². The SMILES string of the molecule is CN1C(=O)CC(CC(=O)N2CCN(C)C(c3ccccc3)C2)(c2ccccc2Cl)C1=O. The van der Waals surface area contributed by atoms with Crippen molar-refractivity contribution in [3.8, 4) is 0 Å². The molecule has 4 rings (SSSR count). The van der Waals surface area contributed by atoms with Crippen LogP contribution in [-0.2, 0) is 19.8 Å². The molecule has 2 unspecified atom stereocenters. The molecule has 0 saturated carbocycles. The minimum Gasteiger partial charge on any atom is -0.339 e. The zero-order valence-electron chi connectivity index (χ0n) is 17.8. The van der Waals surface area contributed by atoms with Crippen LogP contribution in [0.25, 0.3) is 0 Å². The van der Waals surface area contributed by atoms with Gasteiger partial charge in [-0.1, -0.05) is 60.1 Å². The number of benzene rings is 2. The van der Waals surface area contributed by atoms with Crippen molar-refractivity contribution in [3.05, 3.63) is 70.7 Å². The monoisotopic (exact) mass is 439 g/mol. The van der Waals surface area contributed by atoms with Gasteiger partial charge in [-0.05, 0) is 24.2 Å². The lowest BCUT2D eigenvalue weighted by atomic mass is 9.75. The van der Waals surface area contributed by atoms with Crippen LogP contribution in [0.5, 0.6) is 0 Å². The van der Waals surface area contributed by atoms with Gasteiger partial charge in [-0.3, -0.25) is 24.2 Å². The maximum atomic E-state index is 13.5. The number of likely N-dealkylation sites (N-methyl/N-ethyl adjacent to an activating group) is 2. The highest BCUT2D eigenvalue weighted by atomic mass is 35.5. The standard InChI is InChI=1S/C24H26ClN3O3/c1-26-12-13-28(16-20(26)17-8-4-3-5-9-17)22(30)15-24(14-21(29)27(2)23(24)31)18-10-6-7-11-19(18)25/h3-11,20H,12-16H2,1-2H3. The molecule has 0 N–H and O–H groups in total. The van der Waals surface area contributed by atoms with Crippen molar-refractivity contribution < 1.29 is 14.4 Å². The van der Waals surface area contributed by atoms with Crippen LogP contribution in [0.15, 0.2) is 54.6 Å². The molecule has 162 valence electrons. The molecule has 2 fully saturated rings. The molecule has 0 radical (unpaired) electrons. The zero-order valence-corrected chi connectivity index (χ0v) is 18.5. The van der Waals surface area contributed by atoms with Crippen molar-refractivity contribution in [2.75, 3.05) is 33.7 Å². The Morgan fingerprint density at radius 3 is 2.35 bits per heavy atom. The van der Waals surface area contributed by atoms with E-state index in [0.717, 1.165) is 17.0 Å². The topological polar surface area (TPSA) is 60.9 Å². The molecular weight excluding hydrogens is 414 g/mol. The molecule has 7 heteroatoms. The lowest BCUT2D eigenvalue weighted by Crippen LogP contribution is -2.51. The van der Waals surface area contributed by atoms with Crippen LogP contribution in [0.1, 0.15) is 30.0 Å². The molecule has 6 nitrogen and oxygen atoms in total. The number of imide groups is 1. The Morgan fingerprint density at radius 2 is 1.71 bits per heavy atom. The molecular formula is C24H26ClN3O3. The Bertz CT molecular complexity index is 1010. The molecule has 2 aromatic carbocycles. The van der Waals surface area contributed by atoms with Gasteiger partial charge in [0.2, 0.25) is 17.7 Å². The summed E-state index contributed by atoms with van der Waals surface area (Å²) in [6, 6.07) is 17.2. The minimum atomic E-state index is -1.26. The molecule has 0 bridgehead atoms. The normalized spacial score (nSPS) is 24.7. The highest BCUT2D eigenvalue weighted by Crippen LogP contribution is 2.43. The van der Waals surface area contributed by atoms with Crippen LogP contribution in [0.3, 0.4) is 0 Å². The maximum Gasteiger partial charge on any atom is 0.240 e. The van der Waals surface area contributed by atoms with E-state index in [1.54, 1.807) is 24.3 Å². The van der Waals surface area contributed by atoms with Gasteiger partial charge in [0.15, 0.2) is 0 Å². The fourth-order valence-electron chi connectivity index (χ4n) is 4.68. The summed E-state index contributed by atoms with van der Waals surface area (Å²) in [7, 11) is 3.52. The molecule has 31 heavy (non-hydrogen) atoms. The van der Waals surface area contributed by atoms with Crippen molar-refractivity contribution in [2.24, 2.45) is 0 Å². The number of carbonyl (C=O) groups is 3. The molecule has 0 aliphatic carbocycles. The molecule has 2 aromatic rings. The number of carbonyl (C=O) groups excluding carboxylic acids is 3. The number of rotatable bonds is 4. The quantitative estimate of drug-likeness (QED) is 0.687. The molecule has 3 amide bonds. The predicted molar refractivity (Wildman–Crippen MR) is 119 cm³/mol. The van der Waals surface area contributed by atoms with Crippen molar-refractivity contribution in [2.45, 2.75) is 24.3 Å². The minimum absolute atomic E-state index is 0.0480. The van der Waals surface area contributed by atoms with Crippen LogP contribution in [0.4, 0.5) is 0 Å². The summed E-state index contributed by atoms with van der Waals surface area (Å²) in [5, 5.41) is 0.396. The van der Waals surface area contributed by atoms with Gasteiger partial charge in [-0.2, -0.15) is 0 Å². The maximum absolute atomic E-state index is 13.5. The van der Waals surface area contributed by atoms with E-state index in [1.165, 1.54) is 7.05 Å². The van der Waals surface area contributed by atoms with Crippen molar-refractivity contribution in [1.29, 1.82) is 0 Å². The van der Waals surface area contributed by atoms with E-state index in [4.69, 9.17) is 11.6 Å². The summed E-state index contributed by atoms with van der Waals surface area (Å²) < 4.78 is 0. The zero-order chi connectivity index (χ0) is 22.2. The summed E-state index contributed by atoms with van der Waals surface area (Å²) >= 11 is 6.43. The number of hydrogen-bond acceptors (Lipinski definition) is 4. The Kier molecular flexibility index (Phi) is 5.86. The average Bonchev–Trinajstić information content (AvgIpc) is 2.99. The van der Waals surface area contributed by atoms with E-state index in [0.29, 0.717) is 23.7 Å². The Hall–Kier alpha value is -2.70. The molecule has 2 heterocycles. The Balaban J connectivity index is 1.62. The Morgan fingerprint density at radius 1 is 1.03 bits per heavy atom. The molecule has 0 aromatic heterocycles. The van der Waals surface area contributed by atoms with Crippen LogP contribution >= 0.6 is 11.6 Å². The van der Waals surface area contributed by atoms with E-state index in [2.05, 4.69) is 24.1 Å². The number of halogens is 1. The molecule has 2 atom stereocenters. The fraction of sp³-hybridized carbons (Fsp3) is 0.375. The lowest BCUT2D eigenvalue weighted by molar-refractivity contribution is -0.142. The highest BCUT2D eigenvalue weighted by molar-refractivity contribution is 6.32. The van der Waals surface area contributed by atoms with E-state index >= 15 is 0 Å². The third kappa shape index (κ3) is 3.86. The number of piperazine rings is 1. The van der Waals surface area contributed by atoms with Crippen LogP contribution < -0.4 is 0 Å². The average molecular weight is 440 g/mol. The molecule has 0 spiro atoms. The fourth-order valence-corrected chi connectivity index (χ4v) is 5.00. The van der Waals surface area contributed by atoms with Crippen LogP contribution in [0, 0.1) is 0 Å². The third-order valence-electron chi connectivity index (χ3n) is 6.57. The van der Waals surface area contributed by atoms with E-state index in [9.17, 15) is 14.4 Å². The first-order chi connectivity index (χ1) is 14.8. The van der Waals surface area contributed by atoms with Gasteiger partial charge in [0, 0.05) is 44.5 Å². The number of likely N-dealkylation sites (tertiary alicyclic amines) is 1. The van der Waals surface area contributed by atoms with E-state index < -0.39 is 5.41 Å². The van der Waals surface area contributed by atoms with Gasteiger partial charge in [0.05, 0.1) is 11.5 Å². The van der Waals surface area contributed by atoms with Gasteiger partial charge in [-0.25, -0.2) is 0 Å². The molecule has 2 aliphatic heterocycles. The second-order valence-corrected chi connectivity index (χ2v) is 8.83. The summed E-state index contributed by atoms with van der Waals surface area (Å²) in [5.74, 6) is -0.795. The summed E-state index contributed by atoms with van der Waals surface area (Å²) in [5.41, 5.74) is 0.434. The first kappa shape index (κ1) is 21.5. The summed E-state index contributed by atoms with van der Waals surface area (Å²) in [6.45, 7) is 1.85. The van der Waals surface area contributed by atoms with E-state index in [-0.39, 0.29) is 36.6 Å². The van der Waals surface area contributed by atoms with Gasteiger partial charge >= 0.3 is 0 Å². The van der Waals surface area contributed by atoms with Crippen molar-refractivity contribution in [3.63, 3.8) is 0 Å². The highest BCUT2D eigenvalue weighted by Gasteiger charge is 2.54. The van der Waals surface area contributed by atoms with Crippen molar-refractivity contribution in [1.82, 2.24) is 14.7 Å². The first-order valence-electron chi connectivity index (χ1n) is 10.4. The second kappa shape index (κ2) is 8.44. The van der Waals surface area contributed by atoms with E-state index in [1.807, 2.05) is 23.1 Å². The Labute approximate surface area is 187 Å². The third-order valence-corrected chi connectivity index (χ3v) is 6.90. The predicted octanol–water partition coefficient (Wildman–Crippen LogP) is 2.87. The molecule has 2 saturated heterocycles. The smallest absolute Gasteiger partial charge is 0.240 e. The number of hydrogen-bond donors (Lipinski definition) is 0. The largest absolute Gasteiger partial charge is 0.339 e. The van der Waals surface area contributed by atoms with Gasteiger partial charge in [-0.15, -0.1) is 0 Å². The summed E-state index contributed by atoms with van der Waals surface area (Å²) in [6.07, 6.45) is -0.121. The van der Waals surface area contributed by atoms with Crippen LogP contribution in [0.2, 0.25) is 5.02 Å². The number of nitrogens with zero attached hydrogens (tertiary/aromatic N) is 3. The van der Waals surface area contributed by atoms with Crippen molar-refractivity contribution >= 4 is 29.3 Å². The first-order valence-corrected chi connectivity index (χ1v) is 10.8. The lowest BCUT2D eigenvalue weighted by Gasteiger charge is -2.41. The number of amides is 3. The van der Waals surface area contributed by atoms with Gasteiger partial charge < -0.3 is 4.90 Å². The van der Waals surface area contributed by atoms with Gasteiger partial charge in [0.25, 0.3) is 0 Å². The summed E-state index contributed by atoms with van der Waals surface area (Å²) in [4.78, 5) is 44.3.